The Bertz CT molecular complexity index is 890. The van der Waals surface area contributed by atoms with Crippen molar-refractivity contribution in [2.75, 3.05) is 5.75 Å². The highest BCUT2D eigenvalue weighted by atomic mass is 32.2. The van der Waals surface area contributed by atoms with Gasteiger partial charge < -0.3 is 15.5 Å². The Kier molecular flexibility index (Phi) is 34.3. The van der Waals surface area contributed by atoms with Crippen LogP contribution in [0, 0.1) is 0 Å². The van der Waals surface area contributed by atoms with Gasteiger partial charge in [0.1, 0.15) is 6.10 Å². The molecule has 7 nitrogen and oxygen atoms in total. The number of hydrogen-bond acceptors (Lipinski definition) is 5. The van der Waals surface area contributed by atoms with Crippen LogP contribution in [0.4, 0.5) is 0 Å². The standard InChI is InChI=1S/C41H79NO6S/c1-3-5-7-9-11-13-15-16-17-18-19-20-21-22-23-24-25-26-28-30-32-34-36-40(44)41(45)42-38(37-49(46,47)48)39(43)35-33-31-29-27-14-12-10-8-6-4-2/h19-20,22-23,38-40,43-44H,3-18,21,24-37H2,1-2H3,(H,42,45)(H,46,47,48)/b20-19-,23-22-. The Hall–Kier alpha value is -1.22. The van der Waals surface area contributed by atoms with Gasteiger partial charge in [0.25, 0.3) is 10.1 Å². The number of rotatable bonds is 37. The molecule has 0 aliphatic carbocycles. The van der Waals surface area contributed by atoms with Gasteiger partial charge in [0.15, 0.2) is 0 Å². The smallest absolute Gasteiger partial charge is 0.266 e. The van der Waals surface area contributed by atoms with Crippen molar-refractivity contribution in [2.45, 2.75) is 225 Å². The fourth-order valence-corrected chi connectivity index (χ4v) is 7.07. The van der Waals surface area contributed by atoms with Gasteiger partial charge in [0.05, 0.1) is 17.9 Å². The molecule has 0 saturated carbocycles. The molecular formula is C41H79NO6S. The average molecular weight is 714 g/mol. The average Bonchev–Trinajstić information content (AvgIpc) is 3.06. The van der Waals surface area contributed by atoms with Crippen molar-refractivity contribution in [3.63, 3.8) is 0 Å². The van der Waals surface area contributed by atoms with Gasteiger partial charge in [-0.2, -0.15) is 8.42 Å². The first-order valence-electron chi connectivity index (χ1n) is 20.6. The quantitative estimate of drug-likeness (QED) is 0.0289. The van der Waals surface area contributed by atoms with E-state index in [1.165, 1.54) is 109 Å². The maximum absolute atomic E-state index is 12.6. The Morgan fingerprint density at radius 3 is 1.33 bits per heavy atom. The number of amides is 1. The van der Waals surface area contributed by atoms with Crippen LogP contribution in [0.1, 0.15) is 206 Å². The van der Waals surface area contributed by atoms with Crippen molar-refractivity contribution in [3.05, 3.63) is 24.3 Å². The fraction of sp³-hybridized carbons (Fsp3) is 0.878. The number of unbranched alkanes of at least 4 members (excludes halogenated alkanes) is 24. The molecule has 0 heterocycles. The van der Waals surface area contributed by atoms with Crippen molar-refractivity contribution in [2.24, 2.45) is 0 Å². The third kappa shape index (κ3) is 35.0. The van der Waals surface area contributed by atoms with E-state index in [1.54, 1.807) is 0 Å². The molecule has 0 aromatic heterocycles. The first kappa shape index (κ1) is 47.8. The minimum atomic E-state index is -4.40. The first-order chi connectivity index (χ1) is 23.7. The van der Waals surface area contributed by atoms with Crippen LogP contribution >= 0.6 is 0 Å². The molecule has 0 saturated heterocycles. The third-order valence-corrected chi connectivity index (χ3v) is 10.3. The molecule has 1 amide bonds. The van der Waals surface area contributed by atoms with Gasteiger partial charge in [-0.15, -0.1) is 0 Å². The van der Waals surface area contributed by atoms with Gasteiger partial charge in [-0.3, -0.25) is 9.35 Å². The van der Waals surface area contributed by atoms with E-state index in [2.05, 4.69) is 43.5 Å². The molecule has 0 bridgehead atoms. The zero-order valence-electron chi connectivity index (χ0n) is 31.9. The molecule has 4 N–H and O–H groups in total. The zero-order chi connectivity index (χ0) is 36.3. The van der Waals surface area contributed by atoms with E-state index in [-0.39, 0.29) is 6.42 Å². The second-order valence-corrected chi connectivity index (χ2v) is 15.9. The van der Waals surface area contributed by atoms with Crippen molar-refractivity contribution < 1.29 is 28.0 Å². The normalized spacial score (nSPS) is 14.1. The van der Waals surface area contributed by atoms with Crippen LogP contribution in [0.15, 0.2) is 24.3 Å². The fourth-order valence-electron chi connectivity index (χ4n) is 6.31. The molecule has 3 unspecified atom stereocenters. The van der Waals surface area contributed by atoms with E-state index in [0.29, 0.717) is 19.3 Å². The number of allylic oxidation sites excluding steroid dienone is 4. The third-order valence-electron chi connectivity index (χ3n) is 9.52. The lowest BCUT2D eigenvalue weighted by atomic mass is 10.0. The monoisotopic (exact) mass is 714 g/mol. The van der Waals surface area contributed by atoms with Crippen LogP contribution in [-0.4, -0.2) is 53.1 Å². The summed E-state index contributed by atoms with van der Waals surface area (Å²) >= 11 is 0. The summed E-state index contributed by atoms with van der Waals surface area (Å²) in [6.45, 7) is 4.48. The van der Waals surface area contributed by atoms with Crippen LogP contribution < -0.4 is 5.32 Å². The molecule has 0 aromatic carbocycles. The minimum absolute atomic E-state index is 0.286. The summed E-state index contributed by atoms with van der Waals surface area (Å²) in [6, 6.07) is -1.15. The summed E-state index contributed by atoms with van der Waals surface area (Å²) in [5, 5.41) is 23.5. The second-order valence-electron chi connectivity index (χ2n) is 14.4. The van der Waals surface area contributed by atoms with E-state index >= 15 is 0 Å². The summed E-state index contributed by atoms with van der Waals surface area (Å²) in [5.41, 5.74) is 0. The zero-order valence-corrected chi connectivity index (χ0v) is 32.8. The van der Waals surface area contributed by atoms with Crippen LogP contribution in [0.3, 0.4) is 0 Å². The number of hydrogen-bond donors (Lipinski definition) is 4. The topological polar surface area (TPSA) is 124 Å². The number of nitrogens with one attached hydrogen (secondary N) is 1. The Morgan fingerprint density at radius 1 is 0.551 bits per heavy atom. The molecule has 49 heavy (non-hydrogen) atoms. The Morgan fingerprint density at radius 2 is 0.918 bits per heavy atom. The molecule has 0 aliphatic rings. The molecule has 0 aromatic rings. The molecule has 0 spiro atoms. The molecule has 0 fully saturated rings. The van der Waals surface area contributed by atoms with Crippen molar-refractivity contribution in [1.29, 1.82) is 0 Å². The lowest BCUT2D eigenvalue weighted by Crippen LogP contribution is -2.50. The summed E-state index contributed by atoms with van der Waals surface area (Å²) in [6.07, 6.45) is 40.6. The SMILES string of the molecule is CCCCCCCCCCC/C=C\C/C=C\CCCCCCCCC(O)C(=O)NC(CS(=O)(=O)O)C(O)CCCCCCCCCCCC. The highest BCUT2D eigenvalue weighted by Gasteiger charge is 2.28. The van der Waals surface area contributed by atoms with E-state index in [4.69, 9.17) is 0 Å². The van der Waals surface area contributed by atoms with E-state index in [9.17, 15) is 28.0 Å². The lowest BCUT2D eigenvalue weighted by Gasteiger charge is -2.24. The lowest BCUT2D eigenvalue weighted by molar-refractivity contribution is -0.131. The van der Waals surface area contributed by atoms with Gasteiger partial charge in [-0.25, -0.2) is 0 Å². The van der Waals surface area contributed by atoms with Crippen LogP contribution in [0.2, 0.25) is 0 Å². The molecule has 0 rings (SSSR count). The van der Waals surface area contributed by atoms with Gasteiger partial charge >= 0.3 is 0 Å². The van der Waals surface area contributed by atoms with Gasteiger partial charge in [0, 0.05) is 0 Å². The Balaban J connectivity index is 3.93. The molecule has 290 valence electrons. The van der Waals surface area contributed by atoms with Crippen LogP contribution in [-0.2, 0) is 14.9 Å². The maximum atomic E-state index is 12.6. The molecule has 3 atom stereocenters. The number of aliphatic hydroxyl groups excluding tert-OH is 2. The van der Waals surface area contributed by atoms with E-state index in [0.717, 1.165) is 57.8 Å². The summed E-state index contributed by atoms with van der Waals surface area (Å²) < 4.78 is 32.5. The first-order valence-corrected chi connectivity index (χ1v) is 22.2. The van der Waals surface area contributed by atoms with Gasteiger partial charge in [-0.1, -0.05) is 186 Å². The Labute approximate surface area is 303 Å². The maximum Gasteiger partial charge on any atom is 0.266 e. The highest BCUT2D eigenvalue weighted by molar-refractivity contribution is 7.85. The molecule has 0 radical (unpaired) electrons. The van der Waals surface area contributed by atoms with Crippen LogP contribution in [0.5, 0.6) is 0 Å². The predicted octanol–water partition coefficient (Wildman–Crippen LogP) is 10.9. The number of aliphatic hydroxyl groups is 2. The van der Waals surface area contributed by atoms with E-state index in [1.807, 2.05) is 0 Å². The predicted molar refractivity (Wildman–Crippen MR) is 208 cm³/mol. The van der Waals surface area contributed by atoms with Crippen molar-refractivity contribution in [3.8, 4) is 0 Å². The highest BCUT2D eigenvalue weighted by Crippen LogP contribution is 2.15. The second kappa shape index (κ2) is 35.2. The molecule has 0 aliphatic heterocycles. The van der Waals surface area contributed by atoms with Crippen molar-refractivity contribution >= 4 is 16.0 Å². The summed E-state index contributed by atoms with van der Waals surface area (Å²) in [7, 11) is -4.40. The van der Waals surface area contributed by atoms with Gasteiger partial charge in [0.2, 0.25) is 5.91 Å². The number of carbonyl (C=O) groups excluding carboxylic acids is 1. The summed E-state index contributed by atoms with van der Waals surface area (Å²) in [4.78, 5) is 12.6. The van der Waals surface area contributed by atoms with Crippen LogP contribution in [0.25, 0.3) is 0 Å². The largest absolute Gasteiger partial charge is 0.391 e. The number of carbonyl (C=O) groups is 1. The summed E-state index contributed by atoms with van der Waals surface area (Å²) in [5.74, 6) is -1.46. The molecule has 8 heteroatoms. The van der Waals surface area contributed by atoms with Gasteiger partial charge in [-0.05, 0) is 44.9 Å². The van der Waals surface area contributed by atoms with Crippen molar-refractivity contribution in [1.82, 2.24) is 5.32 Å². The minimum Gasteiger partial charge on any atom is -0.391 e. The van der Waals surface area contributed by atoms with E-state index < -0.39 is 40.0 Å². The molecular weight excluding hydrogens is 635 g/mol.